The lowest BCUT2D eigenvalue weighted by Crippen LogP contribution is -2.29. The van der Waals surface area contributed by atoms with Gasteiger partial charge in [0.1, 0.15) is 0 Å². The van der Waals surface area contributed by atoms with Gasteiger partial charge in [-0.3, -0.25) is 9.69 Å². The maximum absolute atomic E-state index is 13.5. The first-order valence-electron chi connectivity index (χ1n) is 10.3. The summed E-state index contributed by atoms with van der Waals surface area (Å²) in [6.45, 7) is 0. The molecule has 0 aliphatic heterocycles. The van der Waals surface area contributed by atoms with E-state index in [1.165, 1.54) is 30.6 Å². The van der Waals surface area contributed by atoms with Gasteiger partial charge in [0, 0.05) is 11.3 Å². The quantitative estimate of drug-likeness (QED) is 0.380. The Kier molecular flexibility index (Phi) is 5.50. The molecule has 30 heavy (non-hydrogen) atoms. The Morgan fingerprint density at radius 1 is 1.13 bits per heavy atom. The highest BCUT2D eigenvalue weighted by Gasteiger charge is 2.41. The van der Waals surface area contributed by atoms with Crippen LogP contribution < -0.4 is 4.90 Å². The van der Waals surface area contributed by atoms with Crippen molar-refractivity contribution in [2.75, 3.05) is 4.90 Å². The summed E-state index contributed by atoms with van der Waals surface area (Å²) in [4.78, 5) is 20.4. The van der Waals surface area contributed by atoms with E-state index in [0.717, 1.165) is 22.6 Å². The fourth-order valence-corrected chi connectivity index (χ4v) is 6.54. The smallest absolute Gasteiger partial charge is 0.274 e. The number of rotatable bonds is 6. The molecule has 1 amide bonds. The van der Waals surface area contributed by atoms with E-state index in [9.17, 15) is 13.6 Å². The van der Waals surface area contributed by atoms with E-state index in [1.807, 2.05) is 24.3 Å². The summed E-state index contributed by atoms with van der Waals surface area (Å²) in [6.07, 6.45) is 5.47. The Balaban J connectivity index is 1.46. The minimum atomic E-state index is -2.46. The van der Waals surface area contributed by atoms with Crippen molar-refractivity contribution in [3.63, 3.8) is 0 Å². The normalized spacial score (nSPS) is 22.8. The molecule has 7 heteroatoms. The van der Waals surface area contributed by atoms with E-state index in [4.69, 9.17) is 4.98 Å². The van der Waals surface area contributed by atoms with Gasteiger partial charge >= 0.3 is 0 Å². The Morgan fingerprint density at radius 2 is 1.93 bits per heavy atom. The summed E-state index contributed by atoms with van der Waals surface area (Å²) < 4.78 is 26.4. The maximum Gasteiger partial charge on any atom is 0.288 e. The highest BCUT2D eigenvalue weighted by molar-refractivity contribution is 7.99. The van der Waals surface area contributed by atoms with Crippen molar-refractivity contribution < 1.29 is 13.6 Å². The average molecular weight is 445 g/mol. The zero-order chi connectivity index (χ0) is 20.7. The molecule has 156 valence electrons. The minimum Gasteiger partial charge on any atom is -0.274 e. The van der Waals surface area contributed by atoms with Gasteiger partial charge in [0.25, 0.3) is 5.76 Å². The number of halogens is 2. The summed E-state index contributed by atoms with van der Waals surface area (Å²) in [5.74, 6) is -0.520. The standard InChI is InChI=1S/C23H22F2N2OS2/c24-22(25)29-18-9-7-17(8-10-18)27(23-26-19-3-1-2-4-20(19)30-23)21(28)13-16-12-14-5-6-15(16)11-14/h1-4,7-10,14-16,22H,5-6,11-13H2. The third kappa shape index (κ3) is 3.97. The first kappa shape index (κ1) is 19.9. The van der Waals surface area contributed by atoms with Crippen molar-refractivity contribution in [2.45, 2.75) is 42.8 Å². The number of thiazole rings is 1. The molecule has 3 aromatic rings. The molecule has 2 saturated carbocycles. The molecular formula is C23H22F2N2OS2. The van der Waals surface area contributed by atoms with Gasteiger partial charge in [-0.15, -0.1) is 0 Å². The molecule has 2 fully saturated rings. The summed E-state index contributed by atoms with van der Waals surface area (Å²) >= 11 is 2.00. The molecule has 1 aromatic heterocycles. The highest BCUT2D eigenvalue weighted by atomic mass is 32.2. The first-order valence-corrected chi connectivity index (χ1v) is 12.0. The number of amides is 1. The van der Waals surface area contributed by atoms with Gasteiger partial charge < -0.3 is 0 Å². The van der Waals surface area contributed by atoms with E-state index < -0.39 is 5.76 Å². The van der Waals surface area contributed by atoms with E-state index in [-0.39, 0.29) is 5.91 Å². The van der Waals surface area contributed by atoms with Crippen molar-refractivity contribution in [2.24, 2.45) is 17.8 Å². The number of nitrogens with zero attached hydrogens (tertiary/aromatic N) is 2. The van der Waals surface area contributed by atoms with Gasteiger partial charge in [0.15, 0.2) is 5.13 Å². The van der Waals surface area contributed by atoms with Gasteiger partial charge in [-0.2, -0.15) is 8.78 Å². The topological polar surface area (TPSA) is 33.2 Å². The van der Waals surface area contributed by atoms with Crippen molar-refractivity contribution in [1.29, 1.82) is 0 Å². The predicted molar refractivity (Wildman–Crippen MR) is 119 cm³/mol. The number of hydrogen-bond donors (Lipinski definition) is 0. The van der Waals surface area contributed by atoms with Crippen LogP contribution in [0.4, 0.5) is 19.6 Å². The zero-order valence-corrected chi connectivity index (χ0v) is 18.0. The number of fused-ring (bicyclic) bond motifs is 3. The number of hydrogen-bond acceptors (Lipinski definition) is 4. The lowest BCUT2D eigenvalue weighted by atomic mass is 9.86. The van der Waals surface area contributed by atoms with Crippen LogP contribution in [-0.2, 0) is 4.79 Å². The fraction of sp³-hybridized carbons (Fsp3) is 0.391. The third-order valence-electron chi connectivity index (χ3n) is 6.36. The Labute approximate surface area is 182 Å². The van der Waals surface area contributed by atoms with Crippen LogP contribution in [0.1, 0.15) is 32.1 Å². The number of carbonyl (C=O) groups is 1. The number of anilines is 2. The van der Waals surface area contributed by atoms with Crippen molar-refractivity contribution in [3.05, 3.63) is 48.5 Å². The molecule has 3 atom stereocenters. The fourth-order valence-electron chi connectivity index (χ4n) is 5.04. The number of alkyl halides is 2. The van der Waals surface area contributed by atoms with Crippen LogP contribution in [0.2, 0.25) is 0 Å². The number of benzene rings is 2. The highest BCUT2D eigenvalue weighted by Crippen LogP contribution is 2.50. The van der Waals surface area contributed by atoms with Crippen LogP contribution in [0, 0.1) is 17.8 Å². The van der Waals surface area contributed by atoms with Gasteiger partial charge in [-0.1, -0.05) is 41.7 Å². The number of para-hydroxylation sites is 1. The second-order valence-electron chi connectivity index (χ2n) is 8.20. The van der Waals surface area contributed by atoms with Gasteiger partial charge in [-0.05, 0) is 73.4 Å². The Morgan fingerprint density at radius 3 is 2.60 bits per heavy atom. The number of carbonyl (C=O) groups excluding carboxylic acids is 1. The average Bonchev–Trinajstić information content (AvgIpc) is 3.44. The molecular weight excluding hydrogens is 422 g/mol. The molecule has 0 spiro atoms. The third-order valence-corrected chi connectivity index (χ3v) is 8.11. The monoisotopic (exact) mass is 444 g/mol. The van der Waals surface area contributed by atoms with Crippen molar-refractivity contribution in [3.8, 4) is 0 Å². The van der Waals surface area contributed by atoms with E-state index in [1.54, 1.807) is 29.2 Å². The van der Waals surface area contributed by atoms with Crippen molar-refractivity contribution >= 4 is 50.0 Å². The zero-order valence-electron chi connectivity index (χ0n) is 16.3. The van der Waals surface area contributed by atoms with Gasteiger partial charge in [0.2, 0.25) is 5.91 Å². The van der Waals surface area contributed by atoms with Crippen LogP contribution >= 0.6 is 23.1 Å². The van der Waals surface area contributed by atoms with E-state index in [2.05, 4.69) is 0 Å². The molecule has 2 bridgehead atoms. The van der Waals surface area contributed by atoms with Gasteiger partial charge in [-0.25, -0.2) is 4.98 Å². The molecule has 0 N–H and O–H groups in total. The van der Waals surface area contributed by atoms with Crippen LogP contribution in [-0.4, -0.2) is 16.6 Å². The summed E-state index contributed by atoms with van der Waals surface area (Å²) in [7, 11) is 0. The second-order valence-corrected chi connectivity index (χ2v) is 10.3. The maximum atomic E-state index is 13.5. The predicted octanol–water partition coefficient (Wildman–Crippen LogP) is 7.10. The molecule has 0 radical (unpaired) electrons. The lowest BCUT2D eigenvalue weighted by Gasteiger charge is -2.25. The van der Waals surface area contributed by atoms with Crippen LogP contribution in [0.5, 0.6) is 0 Å². The summed E-state index contributed by atoms with van der Waals surface area (Å²) in [5, 5.41) is 0.638. The molecule has 3 nitrogen and oxygen atoms in total. The first-order chi connectivity index (χ1) is 14.6. The molecule has 2 aliphatic rings. The number of thioether (sulfide) groups is 1. The Bertz CT molecular complexity index is 1020. The second kappa shape index (κ2) is 8.27. The molecule has 0 saturated heterocycles. The lowest BCUT2D eigenvalue weighted by molar-refractivity contribution is -0.119. The van der Waals surface area contributed by atoms with Crippen LogP contribution in [0.3, 0.4) is 0 Å². The molecule has 2 aliphatic carbocycles. The summed E-state index contributed by atoms with van der Waals surface area (Å²) in [6, 6.07) is 14.6. The molecule has 2 aromatic carbocycles. The Hall–Kier alpha value is -1.99. The molecule has 3 unspecified atom stereocenters. The SMILES string of the molecule is O=C(CC1CC2CCC1C2)N(c1ccc(SC(F)F)cc1)c1nc2ccccc2s1. The van der Waals surface area contributed by atoms with Crippen LogP contribution in [0.15, 0.2) is 53.4 Å². The molecule has 5 rings (SSSR count). The number of aromatic nitrogens is 1. The van der Waals surface area contributed by atoms with E-state index in [0.29, 0.717) is 45.7 Å². The van der Waals surface area contributed by atoms with Crippen LogP contribution in [0.25, 0.3) is 10.2 Å². The van der Waals surface area contributed by atoms with E-state index >= 15 is 0 Å². The van der Waals surface area contributed by atoms with Crippen molar-refractivity contribution in [1.82, 2.24) is 4.98 Å². The summed E-state index contributed by atoms with van der Waals surface area (Å²) in [5.41, 5.74) is 1.54. The molecule has 1 heterocycles. The minimum absolute atomic E-state index is 0.0425. The van der Waals surface area contributed by atoms with Gasteiger partial charge in [0.05, 0.1) is 15.9 Å². The largest absolute Gasteiger partial charge is 0.288 e.